The first-order valence-electron chi connectivity index (χ1n) is 9.91. The molecule has 1 aromatic heterocycles. The van der Waals surface area contributed by atoms with Gasteiger partial charge in [0, 0.05) is 15.3 Å². The second-order valence-electron chi connectivity index (χ2n) is 7.26. The standard InChI is InChI=1S/C24H18Cl2N2O5S/c1-32-23(30)19-17(27)16(11-12-3-7-14(25)8-4-12)18-21(24(31)33-2)34-20(22(29)28(18)19)13-5-9-15(26)10-6-13/h3-11,20H,27H2,1-2H3/b16-11+. The van der Waals surface area contributed by atoms with Crippen molar-refractivity contribution >= 4 is 69.5 Å². The number of nitrogens with two attached hydrogens (primary N) is 1. The van der Waals surface area contributed by atoms with Gasteiger partial charge in [0.05, 0.1) is 25.3 Å². The molecule has 10 heteroatoms. The second-order valence-corrected chi connectivity index (χ2v) is 9.24. The maximum absolute atomic E-state index is 13.7. The smallest absolute Gasteiger partial charge is 0.357 e. The van der Waals surface area contributed by atoms with Gasteiger partial charge >= 0.3 is 11.9 Å². The molecular weight excluding hydrogens is 499 g/mol. The van der Waals surface area contributed by atoms with E-state index in [9.17, 15) is 14.4 Å². The van der Waals surface area contributed by atoms with Crippen molar-refractivity contribution in [1.29, 1.82) is 0 Å². The zero-order valence-electron chi connectivity index (χ0n) is 18.0. The number of anilines is 1. The van der Waals surface area contributed by atoms with Gasteiger partial charge in [-0.15, -0.1) is 0 Å². The molecule has 0 radical (unpaired) electrons. The van der Waals surface area contributed by atoms with Crippen molar-refractivity contribution in [3.8, 4) is 0 Å². The first-order valence-corrected chi connectivity index (χ1v) is 11.5. The topological polar surface area (TPSA) is 101 Å². The van der Waals surface area contributed by atoms with Crippen LogP contribution in [-0.2, 0) is 14.3 Å². The van der Waals surface area contributed by atoms with Crippen LogP contribution in [0.25, 0.3) is 11.0 Å². The molecule has 2 aromatic carbocycles. The van der Waals surface area contributed by atoms with Crippen LogP contribution in [-0.4, -0.2) is 36.6 Å². The van der Waals surface area contributed by atoms with Gasteiger partial charge in [0.1, 0.15) is 10.2 Å². The molecule has 0 amide bonds. The Morgan fingerprint density at radius 3 is 2.09 bits per heavy atom. The Bertz CT molecular complexity index is 1430. The van der Waals surface area contributed by atoms with Gasteiger partial charge in [0.25, 0.3) is 0 Å². The van der Waals surface area contributed by atoms with Crippen LogP contribution in [0.1, 0.15) is 31.7 Å². The molecular formula is C24H18Cl2N2O5S. The molecule has 1 aliphatic heterocycles. The van der Waals surface area contributed by atoms with Crippen LogP contribution in [0, 0.1) is 0 Å². The third-order valence-electron chi connectivity index (χ3n) is 5.25. The van der Waals surface area contributed by atoms with E-state index in [1.54, 1.807) is 54.6 Å². The van der Waals surface area contributed by atoms with Crippen LogP contribution >= 0.6 is 35.0 Å². The van der Waals surface area contributed by atoms with Crippen LogP contribution < -0.4 is 16.3 Å². The molecule has 0 saturated heterocycles. The lowest BCUT2D eigenvalue weighted by Gasteiger charge is -2.23. The van der Waals surface area contributed by atoms with Gasteiger partial charge in [0.2, 0.25) is 5.91 Å². The van der Waals surface area contributed by atoms with Crippen LogP contribution in [0.5, 0.6) is 0 Å². The Hall–Kier alpha value is -3.20. The molecule has 7 nitrogen and oxygen atoms in total. The molecule has 3 aromatic rings. The predicted octanol–water partition coefficient (Wildman–Crippen LogP) is 3.40. The number of nitrogens with zero attached hydrogens (tertiary/aromatic N) is 1. The largest absolute Gasteiger partial charge is 0.465 e. The summed E-state index contributed by atoms with van der Waals surface area (Å²) < 4.78 is 11.1. The zero-order chi connectivity index (χ0) is 24.6. The lowest BCUT2D eigenvalue weighted by Crippen LogP contribution is -2.42. The number of rotatable bonds is 4. The highest BCUT2D eigenvalue weighted by molar-refractivity contribution is 8.10. The summed E-state index contributed by atoms with van der Waals surface area (Å²) in [6.45, 7) is 0. The Morgan fingerprint density at radius 1 is 0.971 bits per heavy atom. The van der Waals surface area contributed by atoms with Crippen molar-refractivity contribution in [3.63, 3.8) is 0 Å². The molecule has 2 N–H and O–H groups in total. The van der Waals surface area contributed by atoms with Gasteiger partial charge in [-0.25, -0.2) is 9.59 Å². The average Bonchev–Trinajstić information content (AvgIpc) is 3.13. The van der Waals surface area contributed by atoms with E-state index in [0.29, 0.717) is 26.4 Å². The number of carbonyl (C=O) groups excluding carboxylic acids is 3. The summed E-state index contributed by atoms with van der Waals surface area (Å²) in [6, 6.07) is 13.5. The summed E-state index contributed by atoms with van der Waals surface area (Å²) in [5.41, 5.74) is 7.52. The van der Waals surface area contributed by atoms with E-state index in [2.05, 4.69) is 0 Å². The molecule has 4 rings (SSSR count). The van der Waals surface area contributed by atoms with Gasteiger partial charge in [-0.2, -0.15) is 0 Å². The van der Waals surface area contributed by atoms with Gasteiger partial charge in [-0.3, -0.25) is 9.36 Å². The number of fused-ring (bicyclic) bond motifs is 1. The molecule has 1 unspecified atom stereocenters. The Morgan fingerprint density at radius 2 is 1.53 bits per heavy atom. The molecule has 0 saturated carbocycles. The molecule has 0 bridgehead atoms. The van der Waals surface area contributed by atoms with Crippen LogP contribution in [0.15, 0.2) is 48.5 Å². The van der Waals surface area contributed by atoms with Crippen LogP contribution in [0.4, 0.5) is 5.69 Å². The number of hydrogen-bond donors (Lipinski definition) is 1. The van der Waals surface area contributed by atoms with Gasteiger partial charge in [-0.1, -0.05) is 59.2 Å². The third kappa shape index (κ3) is 4.20. The first-order chi connectivity index (χ1) is 16.3. The predicted molar refractivity (Wildman–Crippen MR) is 132 cm³/mol. The Labute approximate surface area is 208 Å². The summed E-state index contributed by atoms with van der Waals surface area (Å²) >= 11 is 13.0. The minimum Gasteiger partial charge on any atom is -0.465 e. The Kier molecular flexibility index (Phi) is 6.74. The van der Waals surface area contributed by atoms with Gasteiger partial charge in [0.15, 0.2) is 5.69 Å². The Balaban J connectivity index is 2.09. The summed E-state index contributed by atoms with van der Waals surface area (Å²) in [5.74, 6) is -1.94. The number of halogens is 2. The number of thioether (sulfide) groups is 1. The van der Waals surface area contributed by atoms with Crippen molar-refractivity contribution in [1.82, 2.24) is 4.57 Å². The molecule has 174 valence electrons. The highest BCUT2D eigenvalue weighted by Gasteiger charge is 2.38. The van der Waals surface area contributed by atoms with E-state index in [1.807, 2.05) is 0 Å². The van der Waals surface area contributed by atoms with Crippen molar-refractivity contribution in [2.45, 2.75) is 5.25 Å². The lowest BCUT2D eigenvalue weighted by molar-refractivity contribution is -0.133. The van der Waals surface area contributed by atoms with E-state index in [0.717, 1.165) is 16.3 Å². The highest BCUT2D eigenvalue weighted by atomic mass is 35.5. The summed E-state index contributed by atoms with van der Waals surface area (Å²) in [5, 5.41) is 0.670. The molecule has 0 fully saturated rings. The maximum Gasteiger partial charge on any atom is 0.357 e. The molecule has 1 atom stereocenters. The lowest BCUT2D eigenvalue weighted by atomic mass is 10.1. The van der Waals surface area contributed by atoms with Crippen LogP contribution in [0.2, 0.25) is 10.0 Å². The number of hydrogen-bond acceptors (Lipinski definition) is 7. The molecule has 2 heterocycles. The third-order valence-corrected chi connectivity index (χ3v) is 7.06. The molecule has 34 heavy (non-hydrogen) atoms. The van der Waals surface area contributed by atoms with Crippen molar-refractivity contribution in [2.24, 2.45) is 0 Å². The molecule has 0 spiro atoms. The fourth-order valence-electron chi connectivity index (χ4n) is 3.65. The van der Waals surface area contributed by atoms with Crippen molar-refractivity contribution < 1.29 is 23.9 Å². The summed E-state index contributed by atoms with van der Waals surface area (Å²) in [4.78, 5) is 39.4. The van der Waals surface area contributed by atoms with E-state index >= 15 is 0 Å². The van der Waals surface area contributed by atoms with E-state index in [4.69, 9.17) is 38.4 Å². The van der Waals surface area contributed by atoms with E-state index in [-0.39, 0.29) is 21.6 Å². The van der Waals surface area contributed by atoms with Crippen molar-refractivity contribution in [2.75, 3.05) is 20.0 Å². The number of aromatic nitrogens is 1. The zero-order valence-corrected chi connectivity index (χ0v) is 20.3. The number of ether oxygens (including phenoxy) is 2. The summed E-state index contributed by atoms with van der Waals surface area (Å²) in [6.07, 6.45) is 1.67. The normalized spacial score (nSPS) is 15.8. The number of esters is 2. The van der Waals surface area contributed by atoms with Crippen LogP contribution in [0.3, 0.4) is 0 Å². The monoisotopic (exact) mass is 516 g/mol. The second kappa shape index (κ2) is 9.58. The van der Waals surface area contributed by atoms with E-state index < -0.39 is 23.1 Å². The van der Waals surface area contributed by atoms with Gasteiger partial charge < -0.3 is 15.2 Å². The maximum atomic E-state index is 13.7. The first kappa shape index (κ1) is 23.9. The number of benzene rings is 2. The number of carbonyl (C=O) groups is 3. The average molecular weight is 517 g/mol. The SMILES string of the molecule is COC(=O)C1=c2/c(=C/c3ccc(Cl)cc3)c(N)c(C(=O)OC)n2C(=O)C(c2ccc(Cl)cc2)S1. The molecule has 0 aliphatic carbocycles. The highest BCUT2D eigenvalue weighted by Crippen LogP contribution is 2.40. The minimum atomic E-state index is -0.850. The van der Waals surface area contributed by atoms with Gasteiger partial charge in [-0.05, 0) is 41.5 Å². The van der Waals surface area contributed by atoms with E-state index in [1.165, 1.54) is 14.2 Å². The molecule has 1 aliphatic rings. The number of methoxy groups -OCH3 is 2. The number of nitrogen functional groups attached to an aromatic ring is 1. The van der Waals surface area contributed by atoms with Crippen molar-refractivity contribution in [3.05, 3.63) is 86.0 Å². The minimum absolute atomic E-state index is 0.00362. The quantitative estimate of drug-likeness (QED) is 0.530. The fourth-order valence-corrected chi connectivity index (χ4v) is 5.13. The summed E-state index contributed by atoms with van der Waals surface area (Å²) in [7, 11) is 2.43. The fraction of sp³-hybridized carbons (Fsp3) is 0.125.